The van der Waals surface area contributed by atoms with Crippen LogP contribution in [-0.2, 0) is 34.1 Å². The molecule has 284 valence electrons. The number of carbonyl (C=O) groups is 2. The van der Waals surface area contributed by atoms with Gasteiger partial charge in [-0.3, -0.25) is 19.5 Å². The fourth-order valence-corrected chi connectivity index (χ4v) is 7.99. The number of nitrogens with zero attached hydrogens (tertiary/aromatic N) is 4. The van der Waals surface area contributed by atoms with Gasteiger partial charge in [0.1, 0.15) is 42.3 Å². The van der Waals surface area contributed by atoms with Gasteiger partial charge in [0, 0.05) is 42.0 Å². The molecule has 1 saturated heterocycles. The smallest absolute Gasteiger partial charge is 0.320 e. The zero-order valence-corrected chi connectivity index (χ0v) is 31.7. The highest BCUT2D eigenvalue weighted by atomic mass is 35.5. The summed E-state index contributed by atoms with van der Waals surface area (Å²) in [5.41, 5.74) is 7.48. The van der Waals surface area contributed by atoms with Crippen LogP contribution in [0.15, 0.2) is 71.4 Å². The average Bonchev–Trinajstić information content (AvgIpc) is 3.64. The van der Waals surface area contributed by atoms with E-state index < -0.39 is 12.0 Å². The number of aliphatic carboxylic acids is 1. The van der Waals surface area contributed by atoms with Crippen molar-refractivity contribution in [2.75, 3.05) is 13.7 Å². The minimum Gasteiger partial charge on any atom is -0.488 e. The summed E-state index contributed by atoms with van der Waals surface area (Å²) in [5, 5.41) is 19.6. The van der Waals surface area contributed by atoms with E-state index in [2.05, 4.69) is 24.0 Å². The van der Waals surface area contributed by atoms with Gasteiger partial charge in [-0.2, -0.15) is 5.26 Å². The number of pyridine rings is 1. The molecule has 1 atom stereocenters. The number of nitriles is 1. The van der Waals surface area contributed by atoms with Gasteiger partial charge in [0.15, 0.2) is 11.5 Å². The summed E-state index contributed by atoms with van der Waals surface area (Å²) in [6.07, 6.45) is 8.69. The minimum atomic E-state index is -0.841. The lowest BCUT2D eigenvalue weighted by atomic mass is 9.82. The highest BCUT2D eigenvalue weighted by molar-refractivity contribution is 6.32. The summed E-state index contributed by atoms with van der Waals surface area (Å²) in [7, 11) is 1.44. The van der Waals surface area contributed by atoms with Crippen LogP contribution < -0.4 is 9.47 Å². The molecule has 1 aliphatic heterocycles. The Morgan fingerprint density at radius 2 is 1.80 bits per heavy atom. The third kappa shape index (κ3) is 8.61. The van der Waals surface area contributed by atoms with Gasteiger partial charge in [-0.15, -0.1) is 0 Å². The summed E-state index contributed by atoms with van der Waals surface area (Å²) < 4.78 is 23.8. The third-order valence-electron chi connectivity index (χ3n) is 10.9. The topological polar surface area (TPSA) is 148 Å². The van der Waals surface area contributed by atoms with E-state index in [0.29, 0.717) is 47.5 Å². The molecular weight excluding hydrogens is 720 g/mol. The molecule has 5 aromatic rings. The van der Waals surface area contributed by atoms with Crippen LogP contribution in [0.25, 0.3) is 22.2 Å². The first kappa shape index (κ1) is 37.9. The maximum Gasteiger partial charge on any atom is 0.320 e. The van der Waals surface area contributed by atoms with E-state index in [-0.39, 0.29) is 31.0 Å². The third-order valence-corrected chi connectivity index (χ3v) is 11.2. The molecule has 0 radical (unpaired) electrons. The number of carboxylic acid groups (broad SMARTS) is 1. The quantitative estimate of drug-likeness (QED) is 0.122. The number of piperidine rings is 1. The standard InChI is InChI=1S/C43H43ClN4O7/c1-26-32(6-5-7-34(26)31-13-14-38-36(18-31)47-41(55-38)29-9-11-30(12-10-29)43(51)52-2)25-54-40-19-39(53-24-28-16-27(20-45)21-46-22-28)33(17-35(40)44)23-48-15-4-3-8-37(48)42(49)50/h5-7,13-14,16-19,21-22,29-30,37H,3-4,8-12,15,23-25H2,1-2H3,(H,49,50). The largest absolute Gasteiger partial charge is 0.488 e. The molecular formula is C43H43ClN4O7. The molecule has 0 spiro atoms. The lowest BCUT2D eigenvalue weighted by molar-refractivity contribution is -0.147. The lowest BCUT2D eigenvalue weighted by Gasteiger charge is -2.33. The second-order valence-electron chi connectivity index (χ2n) is 14.4. The maximum atomic E-state index is 12.1. The molecule has 1 saturated carbocycles. The van der Waals surface area contributed by atoms with E-state index in [0.717, 1.165) is 83.0 Å². The van der Waals surface area contributed by atoms with Crippen molar-refractivity contribution < 1.29 is 33.3 Å². The summed E-state index contributed by atoms with van der Waals surface area (Å²) in [4.78, 5) is 35.0. The number of halogens is 1. The van der Waals surface area contributed by atoms with Crippen molar-refractivity contribution in [1.82, 2.24) is 14.9 Å². The first-order valence-electron chi connectivity index (χ1n) is 18.7. The number of likely N-dealkylation sites (tertiary alicyclic amines) is 1. The summed E-state index contributed by atoms with van der Waals surface area (Å²) in [6, 6.07) is 18.9. The van der Waals surface area contributed by atoms with Crippen LogP contribution in [0.3, 0.4) is 0 Å². The van der Waals surface area contributed by atoms with Crippen molar-refractivity contribution in [3.8, 4) is 28.7 Å². The Bertz CT molecular complexity index is 2240. The first-order valence-corrected chi connectivity index (χ1v) is 19.0. The molecule has 7 rings (SSSR count). The number of carboxylic acids is 1. The molecule has 0 amide bonds. The van der Waals surface area contributed by atoms with Gasteiger partial charge in [-0.05, 0) is 98.5 Å². The number of ether oxygens (including phenoxy) is 3. The molecule has 2 aromatic heterocycles. The number of rotatable bonds is 12. The SMILES string of the molecule is COC(=O)C1CCC(c2nc3cc(-c4cccc(COc5cc(OCc6cncc(C#N)c6)c(CN6CCCCC6C(=O)O)cc5Cl)c4C)ccc3o2)CC1. The van der Waals surface area contributed by atoms with E-state index in [1.807, 2.05) is 35.2 Å². The highest BCUT2D eigenvalue weighted by Gasteiger charge is 2.31. The Kier molecular flexibility index (Phi) is 11.6. The Hall–Kier alpha value is -5.44. The second-order valence-corrected chi connectivity index (χ2v) is 14.8. The zero-order chi connectivity index (χ0) is 38.5. The van der Waals surface area contributed by atoms with Gasteiger partial charge in [-0.25, -0.2) is 4.98 Å². The van der Waals surface area contributed by atoms with Gasteiger partial charge in [0.05, 0.1) is 23.6 Å². The Balaban J connectivity index is 1.10. The molecule has 1 N–H and O–H groups in total. The number of fused-ring (bicyclic) bond motifs is 1. The van der Waals surface area contributed by atoms with Crippen LogP contribution in [0.1, 0.15) is 84.6 Å². The van der Waals surface area contributed by atoms with E-state index in [1.165, 1.54) is 13.3 Å². The predicted octanol–water partition coefficient (Wildman–Crippen LogP) is 8.77. The van der Waals surface area contributed by atoms with Gasteiger partial charge < -0.3 is 23.7 Å². The molecule has 3 aromatic carbocycles. The Labute approximate surface area is 324 Å². The Morgan fingerprint density at radius 1 is 0.982 bits per heavy atom. The minimum absolute atomic E-state index is 0.0581. The molecule has 0 bridgehead atoms. The molecule has 2 fully saturated rings. The van der Waals surface area contributed by atoms with Crippen molar-refractivity contribution in [1.29, 1.82) is 5.26 Å². The zero-order valence-electron chi connectivity index (χ0n) is 30.9. The summed E-state index contributed by atoms with van der Waals surface area (Å²) in [6.45, 7) is 3.45. The van der Waals surface area contributed by atoms with Crippen molar-refractivity contribution in [3.05, 3.63) is 106 Å². The van der Waals surface area contributed by atoms with E-state index in [1.54, 1.807) is 24.4 Å². The lowest BCUT2D eigenvalue weighted by Crippen LogP contribution is -2.44. The van der Waals surface area contributed by atoms with Crippen LogP contribution in [0.4, 0.5) is 0 Å². The predicted molar refractivity (Wildman–Crippen MR) is 206 cm³/mol. The van der Waals surface area contributed by atoms with E-state index in [4.69, 9.17) is 35.2 Å². The number of oxazole rings is 1. The normalized spacial score (nSPS) is 18.8. The van der Waals surface area contributed by atoms with Crippen LogP contribution in [-0.4, -0.2) is 51.6 Å². The number of aromatic nitrogens is 2. The maximum absolute atomic E-state index is 12.1. The average molecular weight is 763 g/mol. The second kappa shape index (κ2) is 16.9. The van der Waals surface area contributed by atoms with Crippen LogP contribution in [0, 0.1) is 24.2 Å². The van der Waals surface area contributed by atoms with Gasteiger partial charge in [-0.1, -0.05) is 42.3 Å². The molecule has 1 aliphatic carbocycles. The highest BCUT2D eigenvalue weighted by Crippen LogP contribution is 2.39. The fraction of sp³-hybridized carbons (Fsp3) is 0.372. The monoisotopic (exact) mass is 762 g/mol. The molecule has 3 heterocycles. The van der Waals surface area contributed by atoms with E-state index >= 15 is 0 Å². The van der Waals surface area contributed by atoms with Crippen LogP contribution >= 0.6 is 11.6 Å². The van der Waals surface area contributed by atoms with Gasteiger partial charge in [0.2, 0.25) is 0 Å². The number of hydrogen-bond acceptors (Lipinski definition) is 10. The molecule has 55 heavy (non-hydrogen) atoms. The molecule has 2 aliphatic rings. The summed E-state index contributed by atoms with van der Waals surface area (Å²) in [5.74, 6) is 0.786. The van der Waals surface area contributed by atoms with Crippen molar-refractivity contribution in [2.45, 2.75) is 83.6 Å². The number of hydrogen-bond donors (Lipinski definition) is 1. The first-order chi connectivity index (χ1) is 26.7. The van der Waals surface area contributed by atoms with Crippen LogP contribution in [0.5, 0.6) is 11.5 Å². The van der Waals surface area contributed by atoms with E-state index in [9.17, 15) is 20.0 Å². The van der Waals surface area contributed by atoms with Crippen molar-refractivity contribution in [3.63, 3.8) is 0 Å². The number of esters is 1. The molecule has 11 nitrogen and oxygen atoms in total. The van der Waals surface area contributed by atoms with Gasteiger partial charge in [0.25, 0.3) is 0 Å². The van der Waals surface area contributed by atoms with Crippen LogP contribution in [0.2, 0.25) is 5.02 Å². The van der Waals surface area contributed by atoms with Gasteiger partial charge >= 0.3 is 11.9 Å². The fourth-order valence-electron chi connectivity index (χ4n) is 7.75. The number of benzene rings is 3. The molecule has 12 heteroatoms. The van der Waals surface area contributed by atoms with Crippen molar-refractivity contribution >= 4 is 34.6 Å². The molecule has 1 unspecified atom stereocenters. The Morgan fingerprint density at radius 3 is 2.58 bits per heavy atom. The summed E-state index contributed by atoms with van der Waals surface area (Å²) >= 11 is 6.85. The number of carbonyl (C=O) groups excluding carboxylic acids is 1. The number of methoxy groups -OCH3 is 1. The van der Waals surface area contributed by atoms with Crippen molar-refractivity contribution in [2.24, 2.45) is 5.92 Å².